The molecular formula is C19H21N5O3S. The second-order valence-corrected chi connectivity index (χ2v) is 8.02. The molecule has 0 unspecified atom stereocenters. The third-order valence-electron chi connectivity index (χ3n) is 4.01. The third-order valence-corrected chi connectivity index (χ3v) is 4.74. The SMILES string of the molecule is CS(=O)(=O)NCCCN(C(=O)/C=C/c1[nH]nc2ncccc12)c1ccccc1. The Morgan fingerprint density at radius 3 is 2.75 bits per heavy atom. The van der Waals surface area contributed by atoms with Gasteiger partial charge in [0.2, 0.25) is 10.0 Å². The number of fused-ring (bicyclic) bond motifs is 1. The monoisotopic (exact) mass is 399 g/mol. The van der Waals surface area contributed by atoms with Crippen molar-refractivity contribution in [2.45, 2.75) is 6.42 Å². The van der Waals surface area contributed by atoms with Crippen molar-refractivity contribution in [3.05, 3.63) is 60.4 Å². The number of rotatable bonds is 8. The predicted molar refractivity (Wildman–Crippen MR) is 109 cm³/mol. The van der Waals surface area contributed by atoms with Gasteiger partial charge in [0, 0.05) is 36.4 Å². The molecule has 2 heterocycles. The Morgan fingerprint density at radius 2 is 2.00 bits per heavy atom. The van der Waals surface area contributed by atoms with Crippen molar-refractivity contribution >= 4 is 38.7 Å². The number of hydrogen-bond donors (Lipinski definition) is 2. The largest absolute Gasteiger partial charge is 0.309 e. The molecule has 0 atom stereocenters. The molecule has 0 saturated heterocycles. The van der Waals surface area contributed by atoms with Crippen LogP contribution in [0.25, 0.3) is 17.1 Å². The molecule has 146 valence electrons. The molecule has 1 aromatic carbocycles. The first-order valence-electron chi connectivity index (χ1n) is 8.72. The number of H-pyrrole nitrogens is 1. The third kappa shape index (κ3) is 5.24. The number of carbonyl (C=O) groups is 1. The molecule has 2 N–H and O–H groups in total. The minimum Gasteiger partial charge on any atom is -0.309 e. The van der Waals surface area contributed by atoms with Crippen molar-refractivity contribution in [2.24, 2.45) is 0 Å². The number of sulfonamides is 1. The number of aromatic amines is 1. The maximum atomic E-state index is 12.8. The molecule has 0 aliphatic carbocycles. The highest BCUT2D eigenvalue weighted by molar-refractivity contribution is 7.88. The van der Waals surface area contributed by atoms with E-state index in [1.54, 1.807) is 17.2 Å². The second kappa shape index (κ2) is 8.77. The smallest absolute Gasteiger partial charge is 0.251 e. The van der Waals surface area contributed by atoms with Gasteiger partial charge in [-0.15, -0.1) is 0 Å². The summed E-state index contributed by atoms with van der Waals surface area (Å²) >= 11 is 0. The van der Waals surface area contributed by atoms with Gasteiger partial charge in [-0.3, -0.25) is 9.89 Å². The zero-order valence-corrected chi connectivity index (χ0v) is 16.2. The van der Waals surface area contributed by atoms with Crippen LogP contribution in [-0.2, 0) is 14.8 Å². The van der Waals surface area contributed by atoms with Gasteiger partial charge in [0.05, 0.1) is 11.9 Å². The molecule has 0 bridgehead atoms. The van der Waals surface area contributed by atoms with Crippen molar-refractivity contribution in [1.29, 1.82) is 0 Å². The first-order valence-corrected chi connectivity index (χ1v) is 10.6. The van der Waals surface area contributed by atoms with E-state index in [-0.39, 0.29) is 12.5 Å². The number of pyridine rings is 1. The quantitative estimate of drug-likeness (QED) is 0.445. The van der Waals surface area contributed by atoms with Gasteiger partial charge in [0.1, 0.15) is 0 Å². The molecule has 0 aliphatic rings. The number of carbonyl (C=O) groups excluding carboxylic acids is 1. The second-order valence-electron chi connectivity index (χ2n) is 6.19. The Hall–Kier alpha value is -3.04. The Labute approximate surface area is 163 Å². The highest BCUT2D eigenvalue weighted by Gasteiger charge is 2.13. The van der Waals surface area contributed by atoms with Crippen LogP contribution in [0.5, 0.6) is 0 Å². The minimum absolute atomic E-state index is 0.211. The van der Waals surface area contributed by atoms with Crippen LogP contribution in [0.2, 0.25) is 0 Å². The summed E-state index contributed by atoms with van der Waals surface area (Å²) in [6.45, 7) is 0.636. The van der Waals surface area contributed by atoms with E-state index < -0.39 is 10.0 Å². The fourth-order valence-corrected chi connectivity index (χ4v) is 3.23. The molecule has 0 fully saturated rings. The molecular weight excluding hydrogens is 378 g/mol. The Bertz CT molecular complexity index is 1080. The lowest BCUT2D eigenvalue weighted by Crippen LogP contribution is -2.33. The molecule has 28 heavy (non-hydrogen) atoms. The summed E-state index contributed by atoms with van der Waals surface area (Å²) in [6.07, 6.45) is 6.39. The van der Waals surface area contributed by atoms with Gasteiger partial charge in [0.25, 0.3) is 5.91 Å². The van der Waals surface area contributed by atoms with Gasteiger partial charge in [-0.2, -0.15) is 5.10 Å². The minimum atomic E-state index is -3.25. The standard InChI is InChI=1S/C19H21N5O3S/c1-28(26,27)21-13-6-14-24(15-7-3-2-4-8-15)18(25)11-10-17-16-9-5-12-20-19(16)23-22-17/h2-5,7-12,21H,6,13-14H2,1H3,(H,20,22,23)/b11-10+. The number of anilines is 1. The number of benzene rings is 1. The summed E-state index contributed by atoms with van der Waals surface area (Å²) in [5.41, 5.74) is 2.03. The molecule has 0 spiro atoms. The first kappa shape index (κ1) is 19.7. The average Bonchev–Trinajstić information content (AvgIpc) is 3.09. The highest BCUT2D eigenvalue weighted by atomic mass is 32.2. The Morgan fingerprint density at radius 1 is 1.21 bits per heavy atom. The number of nitrogens with one attached hydrogen (secondary N) is 2. The molecule has 0 saturated carbocycles. The van der Waals surface area contributed by atoms with Crippen molar-refractivity contribution in [3.8, 4) is 0 Å². The zero-order valence-electron chi connectivity index (χ0n) is 15.4. The Kier molecular flexibility index (Phi) is 6.17. The van der Waals surface area contributed by atoms with E-state index in [4.69, 9.17) is 0 Å². The van der Waals surface area contributed by atoms with E-state index in [9.17, 15) is 13.2 Å². The van der Waals surface area contributed by atoms with Gasteiger partial charge in [-0.1, -0.05) is 18.2 Å². The van der Waals surface area contributed by atoms with Gasteiger partial charge >= 0.3 is 0 Å². The molecule has 2 aromatic heterocycles. The summed E-state index contributed by atoms with van der Waals surface area (Å²) in [5.74, 6) is -0.211. The van der Waals surface area contributed by atoms with Gasteiger partial charge in [-0.25, -0.2) is 18.1 Å². The van der Waals surface area contributed by atoms with Crippen LogP contribution >= 0.6 is 0 Å². The molecule has 0 radical (unpaired) electrons. The number of hydrogen-bond acceptors (Lipinski definition) is 5. The van der Waals surface area contributed by atoms with Crippen LogP contribution < -0.4 is 9.62 Å². The zero-order chi connectivity index (χ0) is 20.0. The maximum Gasteiger partial charge on any atom is 0.251 e. The normalized spacial score (nSPS) is 11.9. The van der Waals surface area contributed by atoms with Crippen LogP contribution in [-0.4, -0.2) is 48.9 Å². The van der Waals surface area contributed by atoms with E-state index in [2.05, 4.69) is 19.9 Å². The van der Waals surface area contributed by atoms with E-state index in [0.717, 1.165) is 17.3 Å². The van der Waals surface area contributed by atoms with Crippen molar-refractivity contribution in [1.82, 2.24) is 19.9 Å². The number of nitrogens with zero attached hydrogens (tertiary/aromatic N) is 3. The molecule has 3 rings (SSSR count). The summed E-state index contributed by atoms with van der Waals surface area (Å²) in [7, 11) is -3.25. The lowest BCUT2D eigenvalue weighted by Gasteiger charge is -2.21. The topological polar surface area (TPSA) is 108 Å². The van der Waals surface area contributed by atoms with Gasteiger partial charge < -0.3 is 4.90 Å². The van der Waals surface area contributed by atoms with Crippen LogP contribution in [0, 0.1) is 0 Å². The van der Waals surface area contributed by atoms with Crippen LogP contribution in [0.1, 0.15) is 12.1 Å². The lowest BCUT2D eigenvalue weighted by atomic mass is 10.2. The van der Waals surface area contributed by atoms with E-state index in [1.165, 1.54) is 6.08 Å². The molecule has 8 nitrogen and oxygen atoms in total. The van der Waals surface area contributed by atoms with Gasteiger partial charge in [0.15, 0.2) is 5.65 Å². The van der Waals surface area contributed by atoms with Crippen molar-refractivity contribution < 1.29 is 13.2 Å². The number of aromatic nitrogens is 3. The summed E-state index contributed by atoms with van der Waals surface area (Å²) < 4.78 is 24.8. The van der Waals surface area contributed by atoms with Crippen LogP contribution in [0.15, 0.2) is 54.7 Å². The summed E-state index contributed by atoms with van der Waals surface area (Å²) in [4.78, 5) is 18.6. The van der Waals surface area contributed by atoms with Crippen LogP contribution in [0.3, 0.4) is 0 Å². The number of para-hydroxylation sites is 1. The lowest BCUT2D eigenvalue weighted by molar-refractivity contribution is -0.114. The van der Waals surface area contributed by atoms with Crippen LogP contribution in [0.4, 0.5) is 5.69 Å². The first-order chi connectivity index (χ1) is 13.4. The maximum absolute atomic E-state index is 12.8. The van der Waals surface area contributed by atoms with E-state index in [0.29, 0.717) is 24.3 Å². The van der Waals surface area contributed by atoms with Crippen molar-refractivity contribution in [2.75, 3.05) is 24.2 Å². The number of amides is 1. The fraction of sp³-hybridized carbons (Fsp3) is 0.211. The fourth-order valence-electron chi connectivity index (χ4n) is 2.71. The van der Waals surface area contributed by atoms with Gasteiger partial charge in [-0.05, 0) is 36.8 Å². The molecule has 1 amide bonds. The van der Waals surface area contributed by atoms with E-state index in [1.807, 2.05) is 42.5 Å². The molecule has 0 aliphatic heterocycles. The highest BCUT2D eigenvalue weighted by Crippen LogP contribution is 2.17. The molecule has 3 aromatic rings. The van der Waals surface area contributed by atoms with Crippen molar-refractivity contribution in [3.63, 3.8) is 0 Å². The predicted octanol–water partition coefficient (Wildman–Crippen LogP) is 1.94. The summed E-state index contributed by atoms with van der Waals surface area (Å²) in [6, 6.07) is 12.9. The molecule has 9 heteroatoms. The average molecular weight is 399 g/mol. The Balaban J connectivity index is 1.74. The van der Waals surface area contributed by atoms with E-state index >= 15 is 0 Å². The summed E-state index contributed by atoms with van der Waals surface area (Å²) in [5, 5.41) is 7.80.